The van der Waals surface area contributed by atoms with E-state index >= 15 is 0 Å². The molecule has 0 aliphatic heterocycles. The molecule has 0 aromatic carbocycles. The molecule has 0 bridgehead atoms. The highest BCUT2D eigenvalue weighted by molar-refractivity contribution is 5.84. The van der Waals surface area contributed by atoms with Crippen LogP contribution in [0.25, 0.3) is 0 Å². The third-order valence-corrected chi connectivity index (χ3v) is 3.87. The minimum absolute atomic E-state index is 0.0164. The van der Waals surface area contributed by atoms with Crippen LogP contribution in [0.2, 0.25) is 0 Å². The average Bonchev–Trinajstić information content (AvgIpc) is 2.54. The van der Waals surface area contributed by atoms with Gasteiger partial charge in [0, 0.05) is 0 Å². The van der Waals surface area contributed by atoms with Crippen molar-refractivity contribution >= 4 is 5.97 Å². The monoisotopic (exact) mass is 324 g/mol. The Labute approximate surface area is 142 Å². The van der Waals surface area contributed by atoms with E-state index in [4.69, 9.17) is 9.84 Å². The van der Waals surface area contributed by atoms with Crippen LogP contribution in [0.3, 0.4) is 0 Å². The fourth-order valence-corrected chi connectivity index (χ4v) is 2.51. The normalized spacial score (nSPS) is 12.0. The zero-order chi connectivity index (χ0) is 17.2. The fourth-order valence-electron chi connectivity index (χ4n) is 2.51. The van der Waals surface area contributed by atoms with E-state index in [1.807, 2.05) is 6.08 Å². The summed E-state index contributed by atoms with van der Waals surface area (Å²) in [5.41, 5.74) is 0. The van der Waals surface area contributed by atoms with E-state index in [0.717, 1.165) is 6.42 Å². The van der Waals surface area contributed by atoms with E-state index < -0.39 is 5.97 Å². The zero-order valence-corrected chi connectivity index (χ0v) is 15.2. The Morgan fingerprint density at radius 2 is 1.39 bits per heavy atom. The first-order valence-electron chi connectivity index (χ1n) is 9.45. The highest BCUT2D eigenvalue weighted by Crippen LogP contribution is 2.12. The Hall–Kier alpha value is -1.25. The number of unbranched alkanes of at least 4 members (excludes halogenated alkanes) is 11. The minimum Gasteiger partial charge on any atom is -0.487 e. The highest BCUT2D eigenvalue weighted by atomic mass is 16.5. The largest absolute Gasteiger partial charge is 0.487 e. The lowest BCUT2D eigenvalue weighted by Gasteiger charge is -2.02. The minimum atomic E-state index is -1.01. The molecule has 0 aromatic rings. The topological polar surface area (TPSA) is 46.5 Å². The maximum absolute atomic E-state index is 10.8. The van der Waals surface area contributed by atoms with E-state index in [0.29, 0.717) is 6.61 Å². The second-order valence-electron chi connectivity index (χ2n) is 6.02. The smallest absolute Gasteiger partial charge is 0.371 e. The molecular weight excluding hydrogens is 288 g/mol. The maximum atomic E-state index is 10.8. The third-order valence-electron chi connectivity index (χ3n) is 3.87. The lowest BCUT2D eigenvalue weighted by molar-refractivity contribution is -0.136. The third kappa shape index (κ3) is 15.4. The van der Waals surface area contributed by atoms with Crippen LogP contribution in [0.5, 0.6) is 0 Å². The SMILES string of the molecule is CCCCCCCCCCCCCC=CC=C(OCC)C(=O)O. The van der Waals surface area contributed by atoms with Gasteiger partial charge in [0.15, 0.2) is 0 Å². The van der Waals surface area contributed by atoms with Gasteiger partial charge in [0.05, 0.1) is 6.61 Å². The molecule has 0 aromatic heterocycles. The van der Waals surface area contributed by atoms with Crippen molar-refractivity contribution in [3.8, 4) is 0 Å². The molecule has 0 amide bonds. The van der Waals surface area contributed by atoms with Crippen molar-refractivity contribution in [2.24, 2.45) is 0 Å². The summed E-state index contributed by atoms with van der Waals surface area (Å²) in [6, 6.07) is 0. The van der Waals surface area contributed by atoms with Crippen LogP contribution in [0.1, 0.15) is 90.9 Å². The van der Waals surface area contributed by atoms with Crippen molar-refractivity contribution in [2.75, 3.05) is 6.61 Å². The van der Waals surface area contributed by atoms with Crippen LogP contribution in [0.4, 0.5) is 0 Å². The second-order valence-corrected chi connectivity index (χ2v) is 6.02. The zero-order valence-electron chi connectivity index (χ0n) is 15.2. The number of carboxylic acids is 1. The predicted octanol–water partition coefficient (Wildman–Crippen LogP) is 6.25. The van der Waals surface area contributed by atoms with Crippen LogP contribution in [-0.4, -0.2) is 17.7 Å². The Morgan fingerprint density at radius 1 is 0.870 bits per heavy atom. The number of hydrogen-bond acceptors (Lipinski definition) is 2. The number of rotatable bonds is 16. The molecule has 0 unspecified atom stereocenters. The summed E-state index contributed by atoms with van der Waals surface area (Å²) in [4.78, 5) is 10.8. The molecule has 0 saturated carbocycles. The summed E-state index contributed by atoms with van der Waals surface area (Å²) in [6.07, 6.45) is 21.2. The summed E-state index contributed by atoms with van der Waals surface area (Å²) in [6.45, 7) is 4.42. The van der Waals surface area contributed by atoms with Gasteiger partial charge in [-0.1, -0.05) is 83.3 Å². The van der Waals surface area contributed by atoms with Crippen LogP contribution < -0.4 is 0 Å². The summed E-state index contributed by atoms with van der Waals surface area (Å²) in [5.74, 6) is -0.992. The first kappa shape index (κ1) is 21.8. The molecule has 0 saturated heterocycles. The van der Waals surface area contributed by atoms with Gasteiger partial charge in [-0.15, -0.1) is 0 Å². The van der Waals surface area contributed by atoms with Gasteiger partial charge in [-0.2, -0.15) is 0 Å². The Balaban J connectivity index is 3.43. The molecule has 0 aliphatic carbocycles. The number of aliphatic carboxylic acids is 1. The molecule has 23 heavy (non-hydrogen) atoms. The standard InChI is InChI=1S/C20H36O3/c1-3-5-6-7-8-9-10-11-12-13-14-15-16-17-18-19(20(21)22)23-4-2/h16-18H,3-15H2,1-2H3,(H,21,22). The summed E-state index contributed by atoms with van der Waals surface area (Å²) in [5, 5.41) is 8.88. The van der Waals surface area contributed by atoms with Gasteiger partial charge in [0.1, 0.15) is 0 Å². The number of carboxylic acid groups (broad SMARTS) is 1. The van der Waals surface area contributed by atoms with Crippen LogP contribution in [-0.2, 0) is 9.53 Å². The average molecular weight is 325 g/mol. The molecule has 0 atom stereocenters. The summed E-state index contributed by atoms with van der Waals surface area (Å²) >= 11 is 0. The Morgan fingerprint density at radius 3 is 1.87 bits per heavy atom. The molecule has 0 aliphatic rings. The van der Waals surface area contributed by atoms with Gasteiger partial charge in [0.2, 0.25) is 5.76 Å². The lowest BCUT2D eigenvalue weighted by Crippen LogP contribution is -2.04. The molecule has 134 valence electrons. The van der Waals surface area contributed by atoms with Gasteiger partial charge in [0.25, 0.3) is 0 Å². The molecule has 0 fully saturated rings. The van der Waals surface area contributed by atoms with E-state index in [2.05, 4.69) is 6.92 Å². The number of carbonyl (C=O) groups is 1. The predicted molar refractivity (Wildman–Crippen MR) is 97.6 cm³/mol. The first-order valence-corrected chi connectivity index (χ1v) is 9.45. The van der Waals surface area contributed by atoms with Crippen molar-refractivity contribution < 1.29 is 14.6 Å². The number of hydrogen-bond donors (Lipinski definition) is 1. The van der Waals surface area contributed by atoms with Gasteiger partial charge < -0.3 is 9.84 Å². The van der Waals surface area contributed by atoms with Crippen molar-refractivity contribution in [3.05, 3.63) is 24.0 Å². The maximum Gasteiger partial charge on any atom is 0.371 e. The summed E-state index contributed by atoms with van der Waals surface area (Å²) in [7, 11) is 0. The van der Waals surface area contributed by atoms with Gasteiger partial charge >= 0.3 is 5.97 Å². The quantitative estimate of drug-likeness (QED) is 0.158. The van der Waals surface area contributed by atoms with Crippen LogP contribution in [0, 0.1) is 0 Å². The highest BCUT2D eigenvalue weighted by Gasteiger charge is 2.04. The Bertz CT molecular complexity index is 332. The van der Waals surface area contributed by atoms with E-state index in [-0.39, 0.29) is 5.76 Å². The fraction of sp³-hybridized carbons (Fsp3) is 0.750. The number of allylic oxidation sites excluding steroid dienone is 3. The second kappa shape index (κ2) is 17.1. The van der Waals surface area contributed by atoms with Gasteiger partial charge in [-0.3, -0.25) is 0 Å². The first-order chi connectivity index (χ1) is 11.2. The van der Waals surface area contributed by atoms with Crippen LogP contribution in [0.15, 0.2) is 24.0 Å². The molecule has 0 radical (unpaired) electrons. The number of ether oxygens (including phenoxy) is 1. The van der Waals surface area contributed by atoms with E-state index in [1.54, 1.807) is 13.0 Å². The van der Waals surface area contributed by atoms with Crippen molar-refractivity contribution in [1.29, 1.82) is 0 Å². The van der Waals surface area contributed by atoms with E-state index in [1.165, 1.54) is 76.7 Å². The molecule has 3 heteroatoms. The molecule has 0 spiro atoms. The molecule has 0 heterocycles. The van der Waals surface area contributed by atoms with Crippen LogP contribution >= 0.6 is 0 Å². The molecule has 1 N–H and O–H groups in total. The Kier molecular flexibility index (Phi) is 16.2. The summed E-state index contributed by atoms with van der Waals surface area (Å²) < 4.78 is 5.03. The van der Waals surface area contributed by atoms with Gasteiger partial charge in [-0.05, 0) is 25.8 Å². The van der Waals surface area contributed by atoms with E-state index in [9.17, 15) is 4.79 Å². The van der Waals surface area contributed by atoms with Gasteiger partial charge in [-0.25, -0.2) is 4.79 Å². The van der Waals surface area contributed by atoms with Crippen molar-refractivity contribution in [3.63, 3.8) is 0 Å². The van der Waals surface area contributed by atoms with Crippen molar-refractivity contribution in [1.82, 2.24) is 0 Å². The molecular formula is C20H36O3. The molecule has 3 nitrogen and oxygen atoms in total. The lowest BCUT2D eigenvalue weighted by atomic mass is 10.1. The molecule has 0 rings (SSSR count). The van der Waals surface area contributed by atoms with Crippen molar-refractivity contribution in [2.45, 2.75) is 90.9 Å².